The number of amides is 1. The molecule has 1 aliphatic heterocycles. The number of likely N-dealkylation sites (tertiary alicyclic amines) is 1. The van der Waals surface area contributed by atoms with E-state index in [4.69, 9.17) is 0 Å². The van der Waals surface area contributed by atoms with Crippen LogP contribution in [0.25, 0.3) is 0 Å². The first-order valence-electron chi connectivity index (χ1n) is 7.95. The highest BCUT2D eigenvalue weighted by atomic mass is 16.6. The number of hydrogen-bond donors (Lipinski definition) is 2. The van der Waals surface area contributed by atoms with Crippen LogP contribution in [0.5, 0.6) is 0 Å². The van der Waals surface area contributed by atoms with Gasteiger partial charge in [0.2, 0.25) is 0 Å². The fourth-order valence-corrected chi connectivity index (χ4v) is 2.86. The summed E-state index contributed by atoms with van der Waals surface area (Å²) < 4.78 is 0. The smallest absolute Gasteiger partial charge is 0.279 e. The van der Waals surface area contributed by atoms with E-state index in [0.29, 0.717) is 12.2 Å². The van der Waals surface area contributed by atoms with Gasteiger partial charge < -0.3 is 10.2 Å². The highest BCUT2D eigenvalue weighted by Gasteiger charge is 2.17. The molecule has 1 aliphatic rings. The van der Waals surface area contributed by atoms with Crippen molar-refractivity contribution in [3.05, 3.63) is 33.9 Å². The Morgan fingerprint density at radius 2 is 1.86 bits per heavy atom. The molecule has 1 aromatic carbocycles. The van der Waals surface area contributed by atoms with Crippen LogP contribution in [0, 0.1) is 17.0 Å². The lowest BCUT2D eigenvalue weighted by Gasteiger charge is -2.21. The molecule has 1 heterocycles. The maximum absolute atomic E-state index is 12.2. The number of nitro benzene ring substituents is 1. The summed E-state index contributed by atoms with van der Waals surface area (Å²) in [6, 6.07) is 4.54. The van der Waals surface area contributed by atoms with E-state index in [1.54, 1.807) is 6.07 Å². The predicted molar refractivity (Wildman–Crippen MR) is 85.1 cm³/mol. The number of nitro groups is 1. The van der Waals surface area contributed by atoms with Gasteiger partial charge in [0.05, 0.1) is 23.7 Å². The second kappa shape index (κ2) is 7.89. The summed E-state index contributed by atoms with van der Waals surface area (Å²) >= 11 is 0. The number of aryl methyl sites for hydroxylation is 1. The fraction of sp³-hybridized carbons (Fsp3) is 0.562. The SMILES string of the molecule is Cc1ccc([N+](=O)[O-])cc1NC(=O)C[NH+]1CCCCCCC1. The number of non-ortho nitro benzene ring substituents is 1. The Kier molecular flexibility index (Phi) is 5.89. The van der Waals surface area contributed by atoms with Crippen LogP contribution in [-0.4, -0.2) is 30.5 Å². The lowest BCUT2D eigenvalue weighted by atomic mass is 10.1. The summed E-state index contributed by atoms with van der Waals surface area (Å²) in [6.45, 7) is 4.33. The third-order valence-electron chi connectivity index (χ3n) is 4.18. The molecule has 0 radical (unpaired) electrons. The van der Waals surface area contributed by atoms with Crippen LogP contribution >= 0.6 is 0 Å². The molecule has 1 saturated heterocycles. The van der Waals surface area contributed by atoms with E-state index in [9.17, 15) is 14.9 Å². The zero-order valence-electron chi connectivity index (χ0n) is 13.1. The molecule has 1 amide bonds. The Bertz CT molecular complexity index is 537. The number of hydrogen-bond acceptors (Lipinski definition) is 3. The molecule has 120 valence electrons. The van der Waals surface area contributed by atoms with Gasteiger partial charge in [0.25, 0.3) is 11.6 Å². The quantitative estimate of drug-likeness (QED) is 0.656. The average Bonchev–Trinajstić information content (AvgIpc) is 2.44. The third-order valence-corrected chi connectivity index (χ3v) is 4.18. The lowest BCUT2D eigenvalue weighted by Crippen LogP contribution is -3.13. The van der Waals surface area contributed by atoms with Crippen LogP contribution in [0.2, 0.25) is 0 Å². The highest BCUT2D eigenvalue weighted by Crippen LogP contribution is 2.21. The zero-order valence-corrected chi connectivity index (χ0v) is 13.1. The maximum atomic E-state index is 12.2. The van der Waals surface area contributed by atoms with E-state index in [2.05, 4.69) is 5.32 Å². The summed E-state index contributed by atoms with van der Waals surface area (Å²) in [4.78, 5) is 23.9. The Balaban J connectivity index is 1.96. The van der Waals surface area contributed by atoms with Crippen LogP contribution in [0.3, 0.4) is 0 Å². The Labute approximate surface area is 130 Å². The highest BCUT2D eigenvalue weighted by molar-refractivity contribution is 5.92. The summed E-state index contributed by atoms with van der Waals surface area (Å²) in [5.74, 6) is -0.0702. The van der Waals surface area contributed by atoms with Gasteiger partial charge in [-0.05, 0) is 38.2 Å². The van der Waals surface area contributed by atoms with Crippen molar-refractivity contribution in [3.63, 3.8) is 0 Å². The molecule has 0 aliphatic carbocycles. The van der Waals surface area contributed by atoms with E-state index < -0.39 is 4.92 Å². The molecule has 0 spiro atoms. The molecule has 0 saturated carbocycles. The van der Waals surface area contributed by atoms with E-state index >= 15 is 0 Å². The van der Waals surface area contributed by atoms with Crippen LogP contribution in [0.1, 0.15) is 37.7 Å². The molecule has 2 rings (SSSR count). The summed E-state index contributed by atoms with van der Waals surface area (Å²) in [5, 5.41) is 13.7. The van der Waals surface area contributed by atoms with Crippen molar-refractivity contribution in [2.75, 3.05) is 25.0 Å². The van der Waals surface area contributed by atoms with Crippen molar-refractivity contribution in [1.29, 1.82) is 0 Å². The van der Waals surface area contributed by atoms with E-state index in [0.717, 1.165) is 18.7 Å². The first-order chi connectivity index (χ1) is 10.6. The van der Waals surface area contributed by atoms with Crippen molar-refractivity contribution >= 4 is 17.3 Å². The number of benzene rings is 1. The standard InChI is InChI=1S/C16H23N3O3/c1-13-7-8-14(19(21)22)11-15(13)17-16(20)12-18-9-5-3-2-4-6-10-18/h7-8,11H,2-6,9-10,12H2,1H3,(H,17,20)/p+1. The molecule has 0 unspecified atom stereocenters. The molecule has 0 aromatic heterocycles. The molecule has 2 N–H and O–H groups in total. The predicted octanol–water partition coefficient (Wildman–Crippen LogP) is 1.69. The lowest BCUT2D eigenvalue weighted by molar-refractivity contribution is -0.892. The molecule has 1 aromatic rings. The third kappa shape index (κ3) is 4.80. The van der Waals surface area contributed by atoms with Gasteiger partial charge in [-0.2, -0.15) is 0 Å². The largest absolute Gasteiger partial charge is 0.327 e. The van der Waals surface area contributed by atoms with Gasteiger partial charge in [0.1, 0.15) is 0 Å². The van der Waals surface area contributed by atoms with Crippen molar-refractivity contribution in [1.82, 2.24) is 0 Å². The summed E-state index contributed by atoms with van der Waals surface area (Å²) in [7, 11) is 0. The molecule has 6 heteroatoms. The molecule has 0 bridgehead atoms. The second-order valence-electron chi connectivity index (χ2n) is 6.00. The minimum atomic E-state index is -0.446. The first kappa shape index (κ1) is 16.4. The normalized spacial score (nSPS) is 16.6. The molecule has 0 atom stereocenters. The van der Waals surface area contributed by atoms with Gasteiger partial charge in [0, 0.05) is 12.1 Å². The number of anilines is 1. The van der Waals surface area contributed by atoms with Crippen LogP contribution < -0.4 is 10.2 Å². The van der Waals surface area contributed by atoms with E-state index in [1.165, 1.54) is 49.1 Å². The van der Waals surface area contributed by atoms with Crippen molar-refractivity contribution in [2.24, 2.45) is 0 Å². The number of nitrogens with one attached hydrogen (secondary N) is 2. The van der Waals surface area contributed by atoms with Gasteiger partial charge in [0.15, 0.2) is 6.54 Å². The number of quaternary nitrogens is 1. The Morgan fingerprint density at radius 3 is 2.50 bits per heavy atom. The minimum Gasteiger partial charge on any atom is -0.327 e. The van der Waals surface area contributed by atoms with Crippen molar-refractivity contribution < 1.29 is 14.6 Å². The summed E-state index contributed by atoms with van der Waals surface area (Å²) in [5.41, 5.74) is 1.37. The van der Waals surface area contributed by atoms with E-state index in [-0.39, 0.29) is 11.6 Å². The van der Waals surface area contributed by atoms with Crippen molar-refractivity contribution in [3.8, 4) is 0 Å². The number of carbonyl (C=O) groups is 1. The molecule has 1 fully saturated rings. The maximum Gasteiger partial charge on any atom is 0.279 e. The molecule has 22 heavy (non-hydrogen) atoms. The summed E-state index contributed by atoms with van der Waals surface area (Å²) in [6.07, 6.45) is 6.12. The van der Waals surface area contributed by atoms with E-state index in [1.807, 2.05) is 6.92 Å². The van der Waals surface area contributed by atoms with Crippen LogP contribution in [0.15, 0.2) is 18.2 Å². The first-order valence-corrected chi connectivity index (χ1v) is 7.95. The number of rotatable bonds is 4. The monoisotopic (exact) mass is 306 g/mol. The van der Waals surface area contributed by atoms with Gasteiger partial charge in [-0.1, -0.05) is 12.5 Å². The van der Waals surface area contributed by atoms with Gasteiger partial charge in [-0.25, -0.2) is 0 Å². The Morgan fingerprint density at radius 1 is 1.23 bits per heavy atom. The van der Waals surface area contributed by atoms with Gasteiger partial charge >= 0.3 is 0 Å². The minimum absolute atomic E-state index is 0.000456. The average molecular weight is 306 g/mol. The fourth-order valence-electron chi connectivity index (χ4n) is 2.86. The van der Waals surface area contributed by atoms with Crippen molar-refractivity contribution in [2.45, 2.75) is 39.0 Å². The van der Waals surface area contributed by atoms with Crippen LogP contribution in [-0.2, 0) is 4.79 Å². The molecule has 6 nitrogen and oxygen atoms in total. The second-order valence-corrected chi connectivity index (χ2v) is 6.00. The zero-order chi connectivity index (χ0) is 15.9. The topological polar surface area (TPSA) is 76.7 Å². The number of carbonyl (C=O) groups excluding carboxylic acids is 1. The Hall–Kier alpha value is -1.95. The van der Waals surface area contributed by atoms with Gasteiger partial charge in [-0.15, -0.1) is 0 Å². The number of nitrogens with zero attached hydrogens (tertiary/aromatic N) is 1. The molecular formula is C16H24N3O3+. The van der Waals surface area contributed by atoms with Gasteiger partial charge in [-0.3, -0.25) is 14.9 Å². The van der Waals surface area contributed by atoms with Crippen LogP contribution in [0.4, 0.5) is 11.4 Å². The molecular weight excluding hydrogens is 282 g/mol.